The van der Waals surface area contributed by atoms with Crippen LogP contribution >= 0.6 is 0 Å². The first-order chi connectivity index (χ1) is 16.1. The summed E-state index contributed by atoms with van der Waals surface area (Å²) in [5, 5.41) is 16.5. The van der Waals surface area contributed by atoms with Gasteiger partial charge in [0, 0.05) is 17.4 Å². The molecule has 0 saturated carbocycles. The number of methoxy groups -OCH3 is 2. The van der Waals surface area contributed by atoms with Gasteiger partial charge in [-0.3, -0.25) is 4.79 Å². The number of ether oxygens (including phenoxy) is 2. The molecule has 0 aliphatic heterocycles. The second-order valence-electron chi connectivity index (χ2n) is 7.23. The Hall–Kier alpha value is -4.57. The number of para-hydroxylation sites is 1. The van der Waals surface area contributed by atoms with Crippen LogP contribution in [0.5, 0.6) is 11.5 Å². The van der Waals surface area contributed by atoms with E-state index < -0.39 is 0 Å². The zero-order valence-electron chi connectivity index (χ0n) is 18.3. The van der Waals surface area contributed by atoms with Crippen molar-refractivity contribution in [3.63, 3.8) is 0 Å². The molecule has 0 saturated heterocycles. The molecule has 0 spiro atoms. The van der Waals surface area contributed by atoms with E-state index in [4.69, 9.17) is 19.8 Å². The first kappa shape index (κ1) is 21.7. The van der Waals surface area contributed by atoms with Crippen LogP contribution in [-0.2, 0) is 6.42 Å². The van der Waals surface area contributed by atoms with Crippen molar-refractivity contribution in [3.8, 4) is 34.5 Å². The van der Waals surface area contributed by atoms with E-state index in [9.17, 15) is 4.79 Å². The Labute approximate surface area is 191 Å². The van der Waals surface area contributed by atoms with Gasteiger partial charge in [-0.15, -0.1) is 0 Å². The lowest BCUT2D eigenvalue weighted by Crippen LogP contribution is -2.12. The van der Waals surface area contributed by atoms with Crippen molar-refractivity contribution in [2.24, 2.45) is 0 Å². The van der Waals surface area contributed by atoms with Crippen LogP contribution in [0.15, 0.2) is 79.0 Å². The zero-order chi connectivity index (χ0) is 23.2. The van der Waals surface area contributed by atoms with E-state index in [0.29, 0.717) is 34.9 Å². The molecule has 0 fully saturated rings. The van der Waals surface area contributed by atoms with Crippen molar-refractivity contribution in [3.05, 3.63) is 90.1 Å². The minimum Gasteiger partial charge on any atom is -0.493 e. The number of amides is 1. The lowest BCUT2D eigenvalue weighted by Gasteiger charge is -2.10. The molecule has 1 amide bonds. The number of nitrogens with one attached hydrogen (secondary N) is 1. The lowest BCUT2D eigenvalue weighted by atomic mass is 10.1. The summed E-state index contributed by atoms with van der Waals surface area (Å²) in [5.74, 6) is 0.839. The molecule has 3 aromatic carbocycles. The fraction of sp³-hybridized carbons (Fsp3) is 0.115. The van der Waals surface area contributed by atoms with Gasteiger partial charge >= 0.3 is 0 Å². The molecule has 0 unspecified atom stereocenters. The predicted molar refractivity (Wildman–Crippen MR) is 126 cm³/mol. The van der Waals surface area contributed by atoms with Crippen molar-refractivity contribution in [1.82, 2.24) is 9.78 Å². The molecule has 7 nitrogen and oxygen atoms in total. The Balaban J connectivity index is 1.74. The summed E-state index contributed by atoms with van der Waals surface area (Å²) in [4.78, 5) is 13.3. The third-order valence-corrected chi connectivity index (χ3v) is 5.13. The largest absolute Gasteiger partial charge is 0.493 e. The van der Waals surface area contributed by atoms with Crippen LogP contribution in [0.3, 0.4) is 0 Å². The normalized spacial score (nSPS) is 10.3. The highest BCUT2D eigenvalue weighted by atomic mass is 16.5. The second kappa shape index (κ2) is 9.71. The molecule has 0 aliphatic carbocycles. The summed E-state index contributed by atoms with van der Waals surface area (Å²) in [5.41, 5.74) is 3.99. The van der Waals surface area contributed by atoms with Crippen molar-refractivity contribution in [1.29, 1.82) is 5.26 Å². The van der Waals surface area contributed by atoms with E-state index in [1.165, 1.54) is 0 Å². The highest BCUT2D eigenvalue weighted by molar-refractivity contribution is 6.08. The van der Waals surface area contributed by atoms with Crippen LogP contribution in [0.1, 0.15) is 15.9 Å². The minimum absolute atomic E-state index is 0.296. The Morgan fingerprint density at radius 1 is 1.00 bits per heavy atom. The van der Waals surface area contributed by atoms with E-state index >= 15 is 0 Å². The number of hydrogen-bond donors (Lipinski definition) is 1. The highest BCUT2D eigenvalue weighted by Crippen LogP contribution is 2.33. The van der Waals surface area contributed by atoms with Crippen LogP contribution in [0.25, 0.3) is 16.9 Å². The van der Waals surface area contributed by atoms with Crippen LogP contribution in [0, 0.1) is 11.3 Å². The molecule has 1 aromatic heterocycles. The second-order valence-corrected chi connectivity index (χ2v) is 7.23. The van der Waals surface area contributed by atoms with Gasteiger partial charge in [0.25, 0.3) is 5.91 Å². The summed E-state index contributed by atoms with van der Waals surface area (Å²) in [6.45, 7) is 0. The first-order valence-corrected chi connectivity index (χ1v) is 10.3. The number of carbonyl (C=O) groups excluding carboxylic acids is 1. The summed E-state index contributed by atoms with van der Waals surface area (Å²) in [7, 11) is 3.14. The van der Waals surface area contributed by atoms with Gasteiger partial charge in [-0.25, -0.2) is 4.68 Å². The van der Waals surface area contributed by atoms with E-state index in [1.54, 1.807) is 49.4 Å². The molecule has 4 aromatic rings. The van der Waals surface area contributed by atoms with E-state index in [2.05, 4.69) is 11.4 Å². The van der Waals surface area contributed by atoms with Gasteiger partial charge < -0.3 is 14.8 Å². The average Bonchev–Trinajstić information content (AvgIpc) is 3.31. The number of rotatable bonds is 7. The van der Waals surface area contributed by atoms with Crippen LogP contribution in [0.4, 0.5) is 5.69 Å². The maximum Gasteiger partial charge on any atom is 0.259 e. The van der Waals surface area contributed by atoms with Crippen molar-refractivity contribution >= 4 is 11.6 Å². The van der Waals surface area contributed by atoms with Gasteiger partial charge in [0.2, 0.25) is 0 Å². The number of nitrogens with zero attached hydrogens (tertiary/aromatic N) is 3. The third kappa shape index (κ3) is 4.70. The molecule has 1 N–H and O–H groups in total. The third-order valence-electron chi connectivity index (χ3n) is 5.13. The molecule has 0 radical (unpaired) electrons. The van der Waals surface area contributed by atoms with Crippen LogP contribution in [0.2, 0.25) is 0 Å². The molecule has 7 heteroatoms. The quantitative estimate of drug-likeness (QED) is 0.444. The van der Waals surface area contributed by atoms with Crippen LogP contribution in [-0.4, -0.2) is 29.9 Å². The smallest absolute Gasteiger partial charge is 0.259 e. The Morgan fingerprint density at radius 3 is 2.39 bits per heavy atom. The molecular formula is C26H22N4O3. The number of anilines is 1. The fourth-order valence-corrected chi connectivity index (χ4v) is 3.45. The van der Waals surface area contributed by atoms with Crippen molar-refractivity contribution in [2.75, 3.05) is 19.5 Å². The Morgan fingerprint density at radius 2 is 1.73 bits per heavy atom. The Kier molecular flexibility index (Phi) is 6.37. The molecule has 0 atom stereocenters. The SMILES string of the molecule is COc1ccc(-c2nn(-c3ccccc3)cc2C(=O)Nc2ccc(CC#N)cc2)cc1OC. The molecule has 164 valence electrons. The van der Waals surface area contributed by atoms with Crippen molar-refractivity contribution in [2.45, 2.75) is 6.42 Å². The summed E-state index contributed by atoms with van der Waals surface area (Å²) in [6.07, 6.45) is 2.03. The standard InChI is InChI=1S/C26H22N4O3/c1-32-23-13-10-19(16-24(23)33-2)25-22(17-30(29-25)21-6-4-3-5-7-21)26(31)28-20-11-8-18(9-12-20)14-15-27/h3-13,16-17H,14H2,1-2H3,(H,28,31). The summed E-state index contributed by atoms with van der Waals surface area (Å²) in [6, 6.07) is 24.3. The molecule has 0 aliphatic rings. The number of carbonyl (C=O) groups is 1. The summed E-state index contributed by atoms with van der Waals surface area (Å²) >= 11 is 0. The van der Waals surface area contributed by atoms with Gasteiger partial charge in [0.05, 0.1) is 38.0 Å². The minimum atomic E-state index is -0.296. The van der Waals surface area contributed by atoms with Gasteiger partial charge in [0.15, 0.2) is 11.5 Å². The predicted octanol–water partition coefficient (Wildman–Crippen LogP) is 4.87. The highest BCUT2D eigenvalue weighted by Gasteiger charge is 2.20. The van der Waals surface area contributed by atoms with Gasteiger partial charge in [-0.1, -0.05) is 30.3 Å². The van der Waals surface area contributed by atoms with E-state index in [0.717, 1.165) is 16.8 Å². The lowest BCUT2D eigenvalue weighted by molar-refractivity contribution is 0.102. The molecule has 4 rings (SSSR count). The Bertz CT molecular complexity index is 1310. The molecule has 33 heavy (non-hydrogen) atoms. The number of aromatic nitrogens is 2. The molecule has 0 bridgehead atoms. The van der Waals surface area contributed by atoms with Crippen LogP contribution < -0.4 is 14.8 Å². The maximum atomic E-state index is 13.3. The first-order valence-electron chi connectivity index (χ1n) is 10.3. The van der Waals surface area contributed by atoms with Crippen molar-refractivity contribution < 1.29 is 14.3 Å². The van der Waals surface area contributed by atoms with E-state index in [1.807, 2.05) is 48.5 Å². The molecular weight excluding hydrogens is 416 g/mol. The van der Waals surface area contributed by atoms with Gasteiger partial charge in [-0.05, 0) is 48.0 Å². The number of nitriles is 1. The number of benzene rings is 3. The molecule has 1 heterocycles. The fourth-order valence-electron chi connectivity index (χ4n) is 3.45. The monoisotopic (exact) mass is 438 g/mol. The van der Waals surface area contributed by atoms with Gasteiger partial charge in [-0.2, -0.15) is 10.4 Å². The average molecular weight is 438 g/mol. The summed E-state index contributed by atoms with van der Waals surface area (Å²) < 4.78 is 12.4. The topological polar surface area (TPSA) is 89.2 Å². The number of hydrogen-bond acceptors (Lipinski definition) is 5. The van der Waals surface area contributed by atoms with E-state index in [-0.39, 0.29) is 5.91 Å². The zero-order valence-corrected chi connectivity index (χ0v) is 18.3. The van der Waals surface area contributed by atoms with Gasteiger partial charge in [0.1, 0.15) is 5.69 Å². The maximum absolute atomic E-state index is 13.3.